The summed E-state index contributed by atoms with van der Waals surface area (Å²) >= 11 is 0. The molecule has 0 aromatic heterocycles. The first-order valence-electron chi connectivity index (χ1n) is 9.06. The Kier molecular flexibility index (Phi) is 6.13. The summed E-state index contributed by atoms with van der Waals surface area (Å²) < 4.78 is 32.2. The second-order valence-electron chi connectivity index (χ2n) is 6.49. The molecule has 1 heterocycles. The third kappa shape index (κ3) is 4.87. The number of carbonyl (C=O) groups is 1. The van der Waals surface area contributed by atoms with Gasteiger partial charge in [0.1, 0.15) is 5.75 Å². The van der Waals surface area contributed by atoms with Crippen molar-refractivity contribution in [3.05, 3.63) is 59.7 Å². The van der Waals surface area contributed by atoms with Crippen molar-refractivity contribution in [3.63, 3.8) is 0 Å². The van der Waals surface area contributed by atoms with Crippen LogP contribution in [0.1, 0.15) is 24.5 Å². The van der Waals surface area contributed by atoms with Crippen LogP contribution < -0.4 is 9.46 Å². The Morgan fingerprint density at radius 1 is 1.11 bits per heavy atom. The van der Waals surface area contributed by atoms with Gasteiger partial charge in [-0.3, -0.25) is 4.79 Å². The molecule has 0 radical (unpaired) electrons. The first kappa shape index (κ1) is 19.4. The lowest BCUT2D eigenvalue weighted by atomic mass is 10.00. The Morgan fingerprint density at radius 2 is 1.81 bits per heavy atom. The third-order valence-corrected chi connectivity index (χ3v) is 6.00. The molecule has 7 heteroatoms. The SMILES string of the molecule is CCCNS(=O)(=O)c1ccc(OCC(=O)N2CCc3ccccc3C2)cc1. The maximum Gasteiger partial charge on any atom is 0.260 e. The Bertz CT molecular complexity index is 894. The summed E-state index contributed by atoms with van der Waals surface area (Å²) in [5, 5.41) is 0. The third-order valence-electron chi connectivity index (χ3n) is 4.52. The van der Waals surface area contributed by atoms with Crippen molar-refractivity contribution < 1.29 is 17.9 Å². The van der Waals surface area contributed by atoms with Crippen molar-refractivity contribution in [1.82, 2.24) is 9.62 Å². The van der Waals surface area contributed by atoms with Gasteiger partial charge in [0.25, 0.3) is 5.91 Å². The Morgan fingerprint density at radius 3 is 2.52 bits per heavy atom. The van der Waals surface area contributed by atoms with E-state index in [1.165, 1.54) is 23.3 Å². The number of nitrogens with zero attached hydrogens (tertiary/aromatic N) is 1. The molecule has 1 amide bonds. The first-order valence-corrected chi connectivity index (χ1v) is 10.5. The lowest BCUT2D eigenvalue weighted by Crippen LogP contribution is -2.38. The van der Waals surface area contributed by atoms with E-state index in [-0.39, 0.29) is 17.4 Å². The standard InChI is InChI=1S/C20H24N2O4S/c1-2-12-21-27(24,25)19-9-7-18(8-10-19)26-15-20(23)22-13-11-16-5-3-4-6-17(16)14-22/h3-10,21H,2,11-15H2,1H3. The van der Waals surface area contributed by atoms with E-state index in [1.807, 2.05) is 25.1 Å². The van der Waals surface area contributed by atoms with Gasteiger partial charge in [0.15, 0.2) is 6.61 Å². The number of nitrogens with one attached hydrogen (secondary N) is 1. The molecular weight excluding hydrogens is 364 g/mol. The fourth-order valence-corrected chi connectivity index (χ4v) is 4.11. The molecule has 0 saturated carbocycles. The molecule has 1 aliphatic rings. The number of ether oxygens (including phenoxy) is 1. The summed E-state index contributed by atoms with van der Waals surface area (Å²) in [6.45, 7) is 3.51. The molecule has 3 rings (SSSR count). The zero-order chi connectivity index (χ0) is 19.3. The van der Waals surface area contributed by atoms with Crippen molar-refractivity contribution in [2.75, 3.05) is 19.7 Å². The molecular formula is C20H24N2O4S. The fourth-order valence-electron chi connectivity index (χ4n) is 2.98. The summed E-state index contributed by atoms with van der Waals surface area (Å²) in [4.78, 5) is 14.4. The molecule has 0 fully saturated rings. The zero-order valence-corrected chi connectivity index (χ0v) is 16.2. The van der Waals surface area contributed by atoms with Crippen molar-refractivity contribution in [2.24, 2.45) is 0 Å². The van der Waals surface area contributed by atoms with Crippen molar-refractivity contribution in [2.45, 2.75) is 31.2 Å². The van der Waals surface area contributed by atoms with E-state index < -0.39 is 10.0 Å². The average Bonchev–Trinajstić information content (AvgIpc) is 2.70. The van der Waals surface area contributed by atoms with Crippen LogP contribution in [-0.2, 0) is 27.8 Å². The molecule has 0 unspecified atom stereocenters. The number of sulfonamides is 1. The van der Waals surface area contributed by atoms with Crippen LogP contribution in [-0.4, -0.2) is 38.9 Å². The van der Waals surface area contributed by atoms with Crippen molar-refractivity contribution >= 4 is 15.9 Å². The highest BCUT2D eigenvalue weighted by Gasteiger charge is 2.20. The second-order valence-corrected chi connectivity index (χ2v) is 8.26. The fraction of sp³-hybridized carbons (Fsp3) is 0.350. The van der Waals surface area contributed by atoms with E-state index in [1.54, 1.807) is 17.0 Å². The maximum absolute atomic E-state index is 12.4. The van der Waals surface area contributed by atoms with E-state index in [4.69, 9.17) is 4.74 Å². The van der Waals surface area contributed by atoms with Gasteiger partial charge in [-0.25, -0.2) is 13.1 Å². The highest BCUT2D eigenvalue weighted by Crippen LogP contribution is 2.19. The van der Waals surface area contributed by atoms with Gasteiger partial charge >= 0.3 is 0 Å². The average molecular weight is 388 g/mol. The smallest absolute Gasteiger partial charge is 0.260 e. The van der Waals surface area contributed by atoms with Crippen molar-refractivity contribution in [3.8, 4) is 5.75 Å². The molecule has 2 aromatic rings. The number of hydrogen-bond acceptors (Lipinski definition) is 4. The van der Waals surface area contributed by atoms with Gasteiger partial charge in [0.05, 0.1) is 4.90 Å². The number of amides is 1. The molecule has 0 aliphatic carbocycles. The zero-order valence-electron chi connectivity index (χ0n) is 15.3. The van der Waals surface area contributed by atoms with Gasteiger partial charge in [-0.05, 0) is 48.2 Å². The largest absolute Gasteiger partial charge is 0.484 e. The van der Waals surface area contributed by atoms with Crippen LogP contribution in [0.4, 0.5) is 0 Å². The number of hydrogen-bond donors (Lipinski definition) is 1. The second kappa shape index (κ2) is 8.54. The number of benzene rings is 2. The van der Waals surface area contributed by atoms with Crippen LogP contribution in [0.3, 0.4) is 0 Å². The molecule has 1 aliphatic heterocycles. The lowest BCUT2D eigenvalue weighted by Gasteiger charge is -2.28. The van der Waals surface area contributed by atoms with Gasteiger partial charge < -0.3 is 9.64 Å². The van der Waals surface area contributed by atoms with Crippen LogP contribution in [0.15, 0.2) is 53.4 Å². The van der Waals surface area contributed by atoms with Crippen LogP contribution in [0.2, 0.25) is 0 Å². The quantitative estimate of drug-likeness (QED) is 0.790. The molecule has 1 N–H and O–H groups in total. The molecule has 0 bridgehead atoms. The van der Waals surface area contributed by atoms with Gasteiger partial charge in [-0.2, -0.15) is 0 Å². The van der Waals surface area contributed by atoms with E-state index in [9.17, 15) is 13.2 Å². The first-order chi connectivity index (χ1) is 13.0. The lowest BCUT2D eigenvalue weighted by molar-refractivity contribution is -0.134. The summed E-state index contributed by atoms with van der Waals surface area (Å²) in [5.74, 6) is 0.390. The minimum atomic E-state index is -3.50. The number of rotatable bonds is 7. The molecule has 0 spiro atoms. The van der Waals surface area contributed by atoms with E-state index in [0.29, 0.717) is 25.4 Å². The normalized spacial score (nSPS) is 13.9. The molecule has 6 nitrogen and oxygen atoms in total. The Hall–Kier alpha value is -2.38. The highest BCUT2D eigenvalue weighted by atomic mass is 32.2. The molecule has 144 valence electrons. The summed E-state index contributed by atoms with van der Waals surface area (Å²) in [5.41, 5.74) is 2.46. The van der Waals surface area contributed by atoms with Gasteiger partial charge in [-0.15, -0.1) is 0 Å². The highest BCUT2D eigenvalue weighted by molar-refractivity contribution is 7.89. The Balaban J connectivity index is 1.55. The topological polar surface area (TPSA) is 75.7 Å². The molecule has 2 aromatic carbocycles. The molecule has 0 saturated heterocycles. The van der Waals surface area contributed by atoms with Crippen molar-refractivity contribution in [1.29, 1.82) is 0 Å². The number of carbonyl (C=O) groups excluding carboxylic acids is 1. The maximum atomic E-state index is 12.4. The summed E-state index contributed by atoms with van der Waals surface area (Å²) in [6.07, 6.45) is 1.57. The van der Waals surface area contributed by atoms with Crippen LogP contribution >= 0.6 is 0 Å². The number of fused-ring (bicyclic) bond motifs is 1. The van der Waals surface area contributed by atoms with Gasteiger partial charge in [-0.1, -0.05) is 31.2 Å². The van der Waals surface area contributed by atoms with Crippen LogP contribution in [0.25, 0.3) is 0 Å². The minimum Gasteiger partial charge on any atom is -0.484 e. The van der Waals surface area contributed by atoms with E-state index in [0.717, 1.165) is 12.8 Å². The van der Waals surface area contributed by atoms with Gasteiger partial charge in [0, 0.05) is 19.6 Å². The summed E-state index contributed by atoms with van der Waals surface area (Å²) in [7, 11) is -3.50. The van der Waals surface area contributed by atoms with E-state index in [2.05, 4.69) is 10.8 Å². The minimum absolute atomic E-state index is 0.0671. The Labute approximate surface area is 160 Å². The van der Waals surface area contributed by atoms with Crippen LogP contribution in [0, 0.1) is 0 Å². The van der Waals surface area contributed by atoms with E-state index >= 15 is 0 Å². The van der Waals surface area contributed by atoms with Crippen LogP contribution in [0.5, 0.6) is 5.75 Å². The molecule has 27 heavy (non-hydrogen) atoms. The van der Waals surface area contributed by atoms with Gasteiger partial charge in [0.2, 0.25) is 10.0 Å². The molecule has 0 atom stereocenters. The predicted octanol–water partition coefficient (Wildman–Crippen LogP) is 2.34. The monoisotopic (exact) mass is 388 g/mol. The summed E-state index contributed by atoms with van der Waals surface area (Å²) in [6, 6.07) is 14.2. The predicted molar refractivity (Wildman–Crippen MR) is 103 cm³/mol.